The van der Waals surface area contributed by atoms with Gasteiger partial charge in [-0.1, -0.05) is 19.1 Å². The lowest BCUT2D eigenvalue weighted by Crippen LogP contribution is -2.50. The number of hydrogen-bond donors (Lipinski definition) is 1. The second kappa shape index (κ2) is 8.17. The number of fused-ring (bicyclic) bond motifs is 1. The number of H-pyrrole nitrogens is 1. The lowest BCUT2D eigenvalue weighted by atomic mass is 10.00. The molecule has 1 fully saturated rings. The predicted molar refractivity (Wildman–Crippen MR) is 111 cm³/mol. The minimum Gasteiger partial charge on any atom is -0.346 e. The zero-order chi connectivity index (χ0) is 19.5. The highest BCUT2D eigenvalue weighted by atomic mass is 15.4. The minimum atomic E-state index is 0.243. The van der Waals surface area contributed by atoms with Gasteiger partial charge in [-0.3, -0.25) is 9.80 Å². The lowest BCUT2D eigenvalue weighted by molar-refractivity contribution is 0.0307. The standard InChI is InChI=1S/C22H28N6/c1-3-28(22-20-7-10-24-21(20)25-16-26(22)2)19-8-11-27(12-9-19)15-18-6-4-5-17(13-18)14-23/h4-7,10,13,16,19,22,24H,3,8-9,11-12,15H2,1-2H3. The van der Waals surface area contributed by atoms with E-state index >= 15 is 0 Å². The van der Waals surface area contributed by atoms with Crippen LogP contribution in [0.3, 0.4) is 0 Å². The van der Waals surface area contributed by atoms with Crippen molar-refractivity contribution in [3.8, 4) is 6.07 Å². The van der Waals surface area contributed by atoms with Crippen LogP contribution >= 0.6 is 0 Å². The lowest BCUT2D eigenvalue weighted by Gasteiger charge is -2.45. The van der Waals surface area contributed by atoms with E-state index in [1.54, 1.807) is 0 Å². The van der Waals surface area contributed by atoms with E-state index in [1.807, 2.05) is 30.7 Å². The molecule has 0 radical (unpaired) electrons. The summed E-state index contributed by atoms with van der Waals surface area (Å²) in [6.07, 6.45) is 6.48. The van der Waals surface area contributed by atoms with Crippen LogP contribution < -0.4 is 0 Å². The molecule has 0 amide bonds. The minimum absolute atomic E-state index is 0.243. The van der Waals surface area contributed by atoms with Gasteiger partial charge in [0.1, 0.15) is 12.0 Å². The van der Waals surface area contributed by atoms with E-state index in [2.05, 4.69) is 56.8 Å². The van der Waals surface area contributed by atoms with Gasteiger partial charge in [0.15, 0.2) is 0 Å². The number of nitriles is 1. The van der Waals surface area contributed by atoms with Gasteiger partial charge < -0.3 is 9.88 Å². The smallest absolute Gasteiger partial charge is 0.138 e. The fourth-order valence-electron chi connectivity index (χ4n) is 4.57. The third-order valence-corrected chi connectivity index (χ3v) is 5.96. The summed E-state index contributed by atoms with van der Waals surface area (Å²) in [5.41, 5.74) is 3.24. The molecule has 3 heterocycles. The summed E-state index contributed by atoms with van der Waals surface area (Å²) in [6.45, 7) is 6.37. The van der Waals surface area contributed by atoms with E-state index in [4.69, 9.17) is 5.26 Å². The molecular weight excluding hydrogens is 348 g/mol. The molecule has 0 bridgehead atoms. The number of nitrogens with zero attached hydrogens (tertiary/aromatic N) is 5. The number of benzene rings is 1. The van der Waals surface area contributed by atoms with Gasteiger partial charge >= 0.3 is 0 Å². The van der Waals surface area contributed by atoms with Crippen molar-refractivity contribution in [3.05, 3.63) is 53.2 Å². The van der Waals surface area contributed by atoms with Crippen LogP contribution in [0.15, 0.2) is 41.5 Å². The number of aliphatic imine (C=N–C) groups is 1. The topological polar surface area (TPSA) is 61.7 Å². The summed E-state index contributed by atoms with van der Waals surface area (Å²) >= 11 is 0. The van der Waals surface area contributed by atoms with E-state index < -0.39 is 0 Å². The average Bonchev–Trinajstić information content (AvgIpc) is 3.20. The molecule has 0 spiro atoms. The molecule has 2 aliphatic heterocycles. The second-order valence-electron chi connectivity index (χ2n) is 7.72. The first-order valence-corrected chi connectivity index (χ1v) is 10.1. The molecule has 1 aromatic carbocycles. The maximum absolute atomic E-state index is 9.11. The van der Waals surface area contributed by atoms with Gasteiger partial charge in [-0.15, -0.1) is 0 Å². The SMILES string of the molecule is CCN(C1CCN(Cc2cccc(C#N)c2)CC1)C1c2cc[nH]c2N=CN1C. The first-order valence-electron chi connectivity index (χ1n) is 10.1. The second-order valence-corrected chi connectivity index (χ2v) is 7.72. The van der Waals surface area contributed by atoms with Gasteiger partial charge in [0, 0.05) is 31.4 Å². The Bertz CT molecular complexity index is 871. The maximum atomic E-state index is 9.11. The number of piperidine rings is 1. The normalized spacial score (nSPS) is 20.4. The highest BCUT2D eigenvalue weighted by Gasteiger charge is 2.34. The molecule has 2 aliphatic rings. The Balaban J connectivity index is 1.41. The molecule has 1 unspecified atom stereocenters. The Morgan fingerprint density at radius 2 is 2.11 bits per heavy atom. The van der Waals surface area contributed by atoms with Crippen molar-refractivity contribution in [2.75, 3.05) is 26.7 Å². The molecule has 6 nitrogen and oxygen atoms in total. The Kier molecular flexibility index (Phi) is 5.47. The molecule has 1 N–H and O–H groups in total. The van der Waals surface area contributed by atoms with Crippen LogP contribution in [0.2, 0.25) is 0 Å². The van der Waals surface area contributed by atoms with Gasteiger partial charge in [-0.05, 0) is 56.2 Å². The first-order chi connectivity index (χ1) is 13.7. The number of nitrogens with one attached hydrogen (secondary N) is 1. The Morgan fingerprint density at radius 3 is 2.86 bits per heavy atom. The summed E-state index contributed by atoms with van der Waals surface area (Å²) in [5.74, 6) is 0.983. The molecule has 0 saturated carbocycles. The fraction of sp³-hybridized carbons (Fsp3) is 0.455. The Labute approximate surface area is 167 Å². The van der Waals surface area contributed by atoms with Crippen LogP contribution in [-0.2, 0) is 6.54 Å². The summed E-state index contributed by atoms with van der Waals surface area (Å²) in [7, 11) is 2.12. The molecule has 4 rings (SSSR count). The average molecular weight is 377 g/mol. The maximum Gasteiger partial charge on any atom is 0.138 e. The third-order valence-electron chi connectivity index (χ3n) is 5.96. The van der Waals surface area contributed by atoms with Crippen molar-refractivity contribution in [2.24, 2.45) is 4.99 Å². The predicted octanol–water partition coefficient (Wildman–Crippen LogP) is 3.48. The number of rotatable bonds is 5. The van der Waals surface area contributed by atoms with Gasteiger partial charge in [0.05, 0.1) is 18.0 Å². The number of aromatic nitrogens is 1. The molecule has 28 heavy (non-hydrogen) atoms. The number of aromatic amines is 1. The van der Waals surface area contributed by atoms with Crippen molar-refractivity contribution < 1.29 is 0 Å². The van der Waals surface area contributed by atoms with Crippen LogP contribution in [-0.4, -0.2) is 58.7 Å². The third kappa shape index (κ3) is 3.68. The van der Waals surface area contributed by atoms with Crippen molar-refractivity contribution in [1.29, 1.82) is 5.26 Å². The molecule has 146 valence electrons. The van der Waals surface area contributed by atoms with Gasteiger partial charge in [-0.25, -0.2) is 4.99 Å². The fourth-order valence-corrected chi connectivity index (χ4v) is 4.57. The number of likely N-dealkylation sites (tertiary alicyclic amines) is 1. The highest BCUT2D eigenvalue weighted by molar-refractivity contribution is 5.66. The molecule has 0 aliphatic carbocycles. The van der Waals surface area contributed by atoms with Crippen LogP contribution in [0.5, 0.6) is 0 Å². The summed E-state index contributed by atoms with van der Waals surface area (Å²) in [4.78, 5) is 15.1. The van der Waals surface area contributed by atoms with Gasteiger partial charge in [0.2, 0.25) is 0 Å². The van der Waals surface area contributed by atoms with E-state index in [-0.39, 0.29) is 6.17 Å². The molecule has 6 heteroatoms. The largest absolute Gasteiger partial charge is 0.346 e. The Morgan fingerprint density at radius 1 is 1.29 bits per heavy atom. The Hall–Kier alpha value is -2.62. The van der Waals surface area contributed by atoms with Gasteiger partial charge in [0.25, 0.3) is 0 Å². The van der Waals surface area contributed by atoms with E-state index in [0.29, 0.717) is 6.04 Å². The zero-order valence-corrected chi connectivity index (χ0v) is 16.7. The van der Waals surface area contributed by atoms with Crippen molar-refractivity contribution in [3.63, 3.8) is 0 Å². The summed E-state index contributed by atoms with van der Waals surface area (Å²) in [5, 5.41) is 9.11. The highest BCUT2D eigenvalue weighted by Crippen LogP contribution is 2.36. The summed E-state index contributed by atoms with van der Waals surface area (Å²) < 4.78 is 0. The molecular formula is C22H28N6. The monoisotopic (exact) mass is 376 g/mol. The van der Waals surface area contributed by atoms with Crippen LogP contribution in [0.25, 0.3) is 0 Å². The van der Waals surface area contributed by atoms with Crippen molar-refractivity contribution in [1.82, 2.24) is 19.7 Å². The molecule has 1 aromatic heterocycles. The molecule has 2 aromatic rings. The molecule has 1 saturated heterocycles. The first kappa shape index (κ1) is 18.7. The van der Waals surface area contributed by atoms with Crippen LogP contribution in [0, 0.1) is 11.3 Å². The quantitative estimate of drug-likeness (QED) is 0.868. The van der Waals surface area contributed by atoms with E-state index in [0.717, 1.165) is 50.4 Å². The van der Waals surface area contributed by atoms with Crippen molar-refractivity contribution >= 4 is 12.2 Å². The van der Waals surface area contributed by atoms with Gasteiger partial charge in [-0.2, -0.15) is 5.26 Å². The zero-order valence-electron chi connectivity index (χ0n) is 16.7. The summed E-state index contributed by atoms with van der Waals surface area (Å²) in [6, 6.07) is 12.9. The number of hydrogen-bond acceptors (Lipinski definition) is 5. The van der Waals surface area contributed by atoms with Crippen LogP contribution in [0.4, 0.5) is 5.82 Å². The van der Waals surface area contributed by atoms with E-state index in [1.165, 1.54) is 11.1 Å². The van der Waals surface area contributed by atoms with Crippen LogP contribution in [0.1, 0.15) is 42.6 Å². The van der Waals surface area contributed by atoms with Crippen molar-refractivity contribution in [2.45, 2.75) is 38.5 Å². The van der Waals surface area contributed by atoms with E-state index in [9.17, 15) is 0 Å². The molecule has 1 atom stereocenters.